The second-order valence-electron chi connectivity index (χ2n) is 4.27. The predicted octanol–water partition coefficient (Wildman–Crippen LogP) is 2.60. The zero-order chi connectivity index (χ0) is 14.3. The summed E-state index contributed by atoms with van der Waals surface area (Å²) in [4.78, 5) is 0. The topological polar surface area (TPSA) is 45.7 Å². The molecule has 0 aromatic heterocycles. The third-order valence-electron chi connectivity index (χ3n) is 2.61. The minimum Gasteiger partial charge on any atom is -0.496 e. The van der Waals surface area contributed by atoms with Crippen LogP contribution < -0.4 is 15.5 Å². The third kappa shape index (κ3) is 4.87. The highest BCUT2D eigenvalue weighted by Crippen LogP contribution is 2.20. The van der Waals surface area contributed by atoms with Crippen molar-refractivity contribution >= 4 is 23.0 Å². The van der Waals surface area contributed by atoms with E-state index in [1.54, 1.807) is 7.11 Å². The highest BCUT2D eigenvalue weighted by atomic mass is 32.1. The first-order chi connectivity index (χ1) is 9.08. The van der Waals surface area contributed by atoms with Gasteiger partial charge in [-0.25, -0.2) is 0 Å². The summed E-state index contributed by atoms with van der Waals surface area (Å²) in [5, 5.41) is 7.88. The summed E-state index contributed by atoms with van der Waals surface area (Å²) in [6.45, 7) is 6.89. The number of nitrogens with zero attached hydrogens (tertiary/aromatic N) is 1. The predicted molar refractivity (Wildman–Crippen MR) is 84.0 cm³/mol. The van der Waals surface area contributed by atoms with Crippen LogP contribution in [-0.2, 0) is 0 Å². The number of ether oxygens (including phenoxy) is 1. The van der Waals surface area contributed by atoms with Crippen LogP contribution in [0.15, 0.2) is 23.3 Å². The number of hydrogen-bond donors (Lipinski definition) is 2. The molecule has 0 aliphatic heterocycles. The maximum absolute atomic E-state index is 5.34. The van der Waals surface area contributed by atoms with E-state index in [-0.39, 0.29) is 0 Å². The van der Waals surface area contributed by atoms with Crippen LogP contribution in [-0.4, -0.2) is 24.5 Å². The molecule has 0 aliphatic rings. The average molecular weight is 279 g/mol. The van der Waals surface area contributed by atoms with Crippen molar-refractivity contribution in [2.75, 3.05) is 13.7 Å². The number of benzene rings is 1. The van der Waals surface area contributed by atoms with Crippen LogP contribution in [0.1, 0.15) is 31.4 Å². The zero-order valence-electron chi connectivity index (χ0n) is 11.9. The molecule has 104 valence electrons. The minimum absolute atomic E-state index is 0.535. The molecule has 0 fully saturated rings. The van der Waals surface area contributed by atoms with E-state index in [1.165, 1.54) is 0 Å². The molecular weight excluding hydrogens is 258 g/mol. The van der Waals surface area contributed by atoms with E-state index in [9.17, 15) is 0 Å². The molecule has 4 nitrogen and oxygen atoms in total. The maximum Gasteiger partial charge on any atom is 0.186 e. The fourth-order valence-corrected chi connectivity index (χ4v) is 1.73. The number of aryl methyl sites for hydroxylation is 1. The Morgan fingerprint density at radius 1 is 1.42 bits per heavy atom. The van der Waals surface area contributed by atoms with Crippen molar-refractivity contribution < 1.29 is 4.74 Å². The first kappa shape index (κ1) is 15.4. The summed E-state index contributed by atoms with van der Waals surface area (Å²) in [6, 6.07) is 6.00. The Morgan fingerprint density at radius 3 is 2.79 bits per heavy atom. The van der Waals surface area contributed by atoms with Crippen LogP contribution in [0.25, 0.3) is 0 Å². The summed E-state index contributed by atoms with van der Waals surface area (Å²) < 4.78 is 5.34. The molecule has 0 unspecified atom stereocenters. The fraction of sp³-hybridized carbons (Fsp3) is 0.429. The second kappa shape index (κ2) is 7.74. The number of thiocarbonyl (C=S) groups is 1. The molecule has 19 heavy (non-hydrogen) atoms. The van der Waals surface area contributed by atoms with Crippen molar-refractivity contribution in [2.24, 2.45) is 5.10 Å². The van der Waals surface area contributed by atoms with E-state index >= 15 is 0 Å². The van der Waals surface area contributed by atoms with Gasteiger partial charge >= 0.3 is 0 Å². The van der Waals surface area contributed by atoms with Crippen molar-refractivity contribution in [3.05, 3.63) is 29.3 Å². The molecule has 0 radical (unpaired) electrons. The second-order valence-corrected chi connectivity index (χ2v) is 4.68. The Morgan fingerprint density at radius 2 is 2.16 bits per heavy atom. The Bertz CT molecular complexity index is 472. The van der Waals surface area contributed by atoms with Crippen LogP contribution in [0.3, 0.4) is 0 Å². The number of methoxy groups -OCH3 is 1. The normalized spacial score (nSPS) is 11.1. The van der Waals surface area contributed by atoms with Crippen LogP contribution in [0.4, 0.5) is 0 Å². The van der Waals surface area contributed by atoms with Crippen LogP contribution in [0.2, 0.25) is 0 Å². The van der Waals surface area contributed by atoms with Gasteiger partial charge in [-0.1, -0.05) is 18.6 Å². The van der Waals surface area contributed by atoms with Gasteiger partial charge in [-0.15, -0.1) is 0 Å². The fourth-order valence-electron chi connectivity index (χ4n) is 1.58. The average Bonchev–Trinajstić information content (AvgIpc) is 2.42. The number of nitrogens with one attached hydrogen (secondary N) is 2. The highest BCUT2D eigenvalue weighted by molar-refractivity contribution is 7.80. The first-order valence-electron chi connectivity index (χ1n) is 6.31. The van der Waals surface area contributed by atoms with Gasteiger partial charge in [0.25, 0.3) is 0 Å². The van der Waals surface area contributed by atoms with Gasteiger partial charge in [0.15, 0.2) is 5.11 Å². The van der Waals surface area contributed by atoms with Crippen molar-refractivity contribution in [1.82, 2.24) is 10.7 Å². The van der Waals surface area contributed by atoms with Crippen molar-refractivity contribution in [3.63, 3.8) is 0 Å². The zero-order valence-corrected chi connectivity index (χ0v) is 12.7. The highest BCUT2D eigenvalue weighted by Gasteiger charge is 2.06. The number of hydrazone groups is 1. The van der Waals surface area contributed by atoms with Gasteiger partial charge in [-0.05, 0) is 44.6 Å². The summed E-state index contributed by atoms with van der Waals surface area (Å²) in [6.07, 6.45) is 1.02. The summed E-state index contributed by atoms with van der Waals surface area (Å²) in [5.41, 5.74) is 5.80. The SMILES string of the molecule is CCCNC(=S)N/N=C(/C)c1cc(C)ccc1OC. The van der Waals surface area contributed by atoms with E-state index in [0.29, 0.717) is 5.11 Å². The summed E-state index contributed by atoms with van der Waals surface area (Å²) >= 11 is 5.11. The number of rotatable bonds is 5. The third-order valence-corrected chi connectivity index (χ3v) is 2.84. The molecule has 1 aromatic rings. The van der Waals surface area contributed by atoms with Gasteiger partial charge in [-0.3, -0.25) is 5.43 Å². The lowest BCUT2D eigenvalue weighted by atomic mass is 10.1. The summed E-state index contributed by atoms with van der Waals surface area (Å²) in [7, 11) is 1.66. The number of hydrogen-bond acceptors (Lipinski definition) is 3. The molecule has 5 heteroatoms. The smallest absolute Gasteiger partial charge is 0.186 e. The maximum atomic E-state index is 5.34. The first-order valence-corrected chi connectivity index (χ1v) is 6.72. The van der Waals surface area contributed by atoms with E-state index in [2.05, 4.69) is 22.8 Å². The van der Waals surface area contributed by atoms with Crippen LogP contribution in [0, 0.1) is 6.92 Å². The molecule has 0 amide bonds. The standard InChI is InChI=1S/C14H21N3OS/c1-5-8-15-14(19)17-16-11(3)12-9-10(2)6-7-13(12)18-4/h6-7,9H,5,8H2,1-4H3,(H2,15,17,19)/b16-11-. The van der Waals surface area contributed by atoms with E-state index in [1.807, 2.05) is 32.0 Å². The molecule has 0 atom stereocenters. The Labute approximate surface area is 120 Å². The van der Waals surface area contributed by atoms with Gasteiger partial charge in [0, 0.05) is 12.1 Å². The van der Waals surface area contributed by atoms with E-state index < -0.39 is 0 Å². The quantitative estimate of drug-likeness (QED) is 0.494. The molecule has 1 rings (SSSR count). The molecular formula is C14H21N3OS. The molecule has 0 saturated heterocycles. The molecule has 0 saturated carbocycles. The Hall–Kier alpha value is -1.62. The van der Waals surface area contributed by atoms with Gasteiger partial charge in [-0.2, -0.15) is 5.10 Å². The molecule has 1 aromatic carbocycles. The van der Waals surface area contributed by atoms with Crippen LogP contribution in [0.5, 0.6) is 5.75 Å². The molecule has 0 spiro atoms. The van der Waals surface area contributed by atoms with Crippen LogP contribution >= 0.6 is 12.2 Å². The van der Waals surface area contributed by atoms with Crippen molar-refractivity contribution in [2.45, 2.75) is 27.2 Å². The van der Waals surface area contributed by atoms with E-state index in [4.69, 9.17) is 17.0 Å². The lowest BCUT2D eigenvalue weighted by Gasteiger charge is -2.10. The Balaban J connectivity index is 2.78. The van der Waals surface area contributed by atoms with Crippen molar-refractivity contribution in [3.8, 4) is 5.75 Å². The van der Waals surface area contributed by atoms with Gasteiger partial charge in [0.05, 0.1) is 12.8 Å². The van der Waals surface area contributed by atoms with Crippen molar-refractivity contribution in [1.29, 1.82) is 0 Å². The Kier molecular flexibility index (Phi) is 6.29. The largest absolute Gasteiger partial charge is 0.496 e. The van der Waals surface area contributed by atoms with Gasteiger partial charge in [0.1, 0.15) is 5.75 Å². The minimum atomic E-state index is 0.535. The summed E-state index contributed by atoms with van der Waals surface area (Å²) in [5.74, 6) is 0.807. The van der Waals surface area contributed by atoms with Gasteiger partial charge < -0.3 is 10.1 Å². The monoisotopic (exact) mass is 279 g/mol. The molecule has 0 aliphatic carbocycles. The van der Waals surface area contributed by atoms with Gasteiger partial charge in [0.2, 0.25) is 0 Å². The lowest BCUT2D eigenvalue weighted by Crippen LogP contribution is -2.33. The molecule has 0 bridgehead atoms. The molecule has 0 heterocycles. The lowest BCUT2D eigenvalue weighted by molar-refractivity contribution is 0.414. The van der Waals surface area contributed by atoms with E-state index in [0.717, 1.165) is 35.6 Å². The molecule has 2 N–H and O–H groups in total.